The topological polar surface area (TPSA) is 181 Å². The van der Waals surface area contributed by atoms with Crippen molar-refractivity contribution in [2.24, 2.45) is 16.7 Å². The van der Waals surface area contributed by atoms with Crippen LogP contribution in [-0.4, -0.2) is 90.8 Å². The molecule has 3 N–H and O–H groups in total. The molecule has 1 aromatic carbocycles. The molecule has 3 fully saturated rings. The zero-order valence-corrected chi connectivity index (χ0v) is 33.9. The van der Waals surface area contributed by atoms with Gasteiger partial charge in [0.15, 0.2) is 0 Å². The summed E-state index contributed by atoms with van der Waals surface area (Å²) >= 11 is 0. The van der Waals surface area contributed by atoms with Crippen LogP contribution in [0, 0.1) is 16.7 Å². The Bertz CT molecular complexity index is 1780. The summed E-state index contributed by atoms with van der Waals surface area (Å²) in [6, 6.07) is 3.82. The maximum absolute atomic E-state index is 14.6. The molecular formula is C40H59N5O9S. The van der Waals surface area contributed by atoms with Gasteiger partial charge in [-0.1, -0.05) is 84.9 Å². The first-order chi connectivity index (χ1) is 25.9. The van der Waals surface area contributed by atoms with Gasteiger partial charge in [0.1, 0.15) is 23.7 Å². The number of nitrogens with zero attached hydrogens (tertiary/aromatic N) is 2. The van der Waals surface area contributed by atoms with Crippen molar-refractivity contribution in [2.45, 2.75) is 148 Å². The molecule has 4 aliphatic heterocycles. The molecule has 1 saturated carbocycles. The average molecular weight is 786 g/mol. The number of nitrogens with one attached hydrogen (secondary N) is 3. The Labute approximate surface area is 325 Å². The lowest BCUT2D eigenvalue weighted by atomic mass is 9.85. The highest BCUT2D eigenvalue weighted by molar-refractivity contribution is 7.90. The van der Waals surface area contributed by atoms with Crippen LogP contribution in [0.5, 0.6) is 0 Å². The summed E-state index contributed by atoms with van der Waals surface area (Å²) < 4.78 is 39.6. The highest BCUT2D eigenvalue weighted by Crippen LogP contribution is 2.48. The molecule has 0 radical (unpaired) electrons. The summed E-state index contributed by atoms with van der Waals surface area (Å²) in [5.74, 6) is -2.45. The smallest absolute Gasteiger partial charge is 0.410 e. The van der Waals surface area contributed by atoms with Gasteiger partial charge >= 0.3 is 12.2 Å². The van der Waals surface area contributed by atoms with E-state index in [0.717, 1.165) is 62.5 Å². The van der Waals surface area contributed by atoms with Crippen molar-refractivity contribution < 1.29 is 41.9 Å². The third-order valence-electron chi connectivity index (χ3n) is 12.0. The van der Waals surface area contributed by atoms with Crippen molar-refractivity contribution in [1.82, 2.24) is 25.2 Å². The van der Waals surface area contributed by atoms with E-state index >= 15 is 0 Å². The lowest BCUT2D eigenvalue weighted by Gasteiger charge is -2.35. The monoisotopic (exact) mass is 785 g/mol. The first-order valence-corrected chi connectivity index (χ1v) is 21.7. The van der Waals surface area contributed by atoms with Crippen molar-refractivity contribution in [3.63, 3.8) is 0 Å². The van der Waals surface area contributed by atoms with Gasteiger partial charge in [-0.25, -0.2) is 18.0 Å². The predicted octanol–water partition coefficient (Wildman–Crippen LogP) is 4.68. The minimum atomic E-state index is -3.92. The number of hydrogen-bond acceptors (Lipinski definition) is 9. The number of amides is 5. The van der Waals surface area contributed by atoms with Crippen LogP contribution in [0.4, 0.5) is 9.59 Å². The normalized spacial score (nSPS) is 30.6. The van der Waals surface area contributed by atoms with Gasteiger partial charge in [0.2, 0.25) is 21.8 Å². The molecule has 15 heteroatoms. The van der Waals surface area contributed by atoms with Crippen molar-refractivity contribution >= 4 is 39.9 Å². The minimum absolute atomic E-state index is 0.0501. The summed E-state index contributed by atoms with van der Waals surface area (Å²) in [5.41, 5.74) is 0.760. The number of cyclic esters (lactones) is 1. The highest BCUT2D eigenvalue weighted by atomic mass is 32.2. The second-order valence-electron chi connectivity index (χ2n) is 18.2. The summed E-state index contributed by atoms with van der Waals surface area (Å²) in [7, 11) is -3.92. The van der Waals surface area contributed by atoms with Gasteiger partial charge in [0.05, 0.1) is 18.9 Å². The molecule has 304 valence electrons. The van der Waals surface area contributed by atoms with Crippen LogP contribution in [0.2, 0.25) is 0 Å². The first-order valence-electron chi connectivity index (χ1n) is 20.0. The number of alkyl carbamates (subject to hydrolysis) is 1. The molecule has 5 aliphatic rings. The predicted molar refractivity (Wildman–Crippen MR) is 204 cm³/mol. The third kappa shape index (κ3) is 9.57. The molecule has 0 aromatic heterocycles. The van der Waals surface area contributed by atoms with Gasteiger partial charge < -0.3 is 25.0 Å². The Kier molecular flexibility index (Phi) is 11.8. The van der Waals surface area contributed by atoms with Crippen LogP contribution < -0.4 is 15.4 Å². The molecule has 0 unspecified atom stereocenters. The van der Waals surface area contributed by atoms with E-state index in [1.807, 2.05) is 26.0 Å². The summed E-state index contributed by atoms with van der Waals surface area (Å²) in [6.45, 7) is 10.3. The summed E-state index contributed by atoms with van der Waals surface area (Å²) in [5, 5.41) is 5.65. The van der Waals surface area contributed by atoms with E-state index in [4.69, 9.17) is 9.47 Å². The number of aryl methyl sites for hydroxylation is 1. The molecule has 1 aromatic rings. The molecule has 4 heterocycles. The number of hydrogen-bond donors (Lipinski definition) is 3. The first kappa shape index (κ1) is 40.8. The van der Waals surface area contributed by atoms with Crippen molar-refractivity contribution in [1.29, 1.82) is 0 Å². The number of carbonyl (C=O) groups is 5. The van der Waals surface area contributed by atoms with Crippen LogP contribution in [-0.2, 0) is 53.4 Å². The molecule has 5 amide bonds. The van der Waals surface area contributed by atoms with Crippen LogP contribution in [0.25, 0.3) is 0 Å². The van der Waals surface area contributed by atoms with E-state index in [9.17, 15) is 32.4 Å². The molecular weight excluding hydrogens is 727 g/mol. The Morgan fingerprint density at radius 1 is 0.964 bits per heavy atom. The van der Waals surface area contributed by atoms with E-state index < -0.39 is 69.1 Å². The number of benzene rings is 1. The number of fused-ring (bicyclic) bond motifs is 4. The molecule has 55 heavy (non-hydrogen) atoms. The molecule has 5 atom stereocenters. The molecule has 4 bridgehead atoms. The Morgan fingerprint density at radius 3 is 2.45 bits per heavy atom. The lowest BCUT2D eigenvalue weighted by Crippen LogP contribution is -2.60. The zero-order chi connectivity index (χ0) is 39.8. The maximum atomic E-state index is 14.6. The number of rotatable bonds is 2. The Morgan fingerprint density at radius 2 is 1.69 bits per heavy atom. The SMILES string of the molecule is CC1(C)CCCCc2cccc3c2CN(C3)C(=O)O[C@@H]2C[C@@H](C(=O)N[C@]34C[C@H]3CCCCCCCS(=O)(=O)NC4=O)N(C2)C(=O)[C@H](C(C)(C)C)NC(=O)OC1. The molecule has 2 saturated heterocycles. The van der Waals surface area contributed by atoms with E-state index in [-0.39, 0.29) is 43.1 Å². The van der Waals surface area contributed by atoms with Crippen LogP contribution in [0.1, 0.15) is 122 Å². The summed E-state index contributed by atoms with van der Waals surface area (Å²) in [4.78, 5) is 72.6. The Balaban J connectivity index is 1.28. The van der Waals surface area contributed by atoms with Gasteiger partial charge in [-0.15, -0.1) is 0 Å². The Hall–Kier alpha value is -3.88. The van der Waals surface area contributed by atoms with E-state index in [1.165, 1.54) is 10.5 Å². The van der Waals surface area contributed by atoms with Gasteiger partial charge in [-0.3, -0.25) is 24.0 Å². The fourth-order valence-electron chi connectivity index (χ4n) is 8.64. The van der Waals surface area contributed by atoms with E-state index in [2.05, 4.69) is 21.4 Å². The van der Waals surface area contributed by atoms with Crippen molar-refractivity contribution in [3.05, 3.63) is 34.9 Å². The van der Waals surface area contributed by atoms with Crippen molar-refractivity contribution in [3.8, 4) is 0 Å². The van der Waals surface area contributed by atoms with Crippen LogP contribution >= 0.6 is 0 Å². The largest absolute Gasteiger partial charge is 0.449 e. The molecule has 14 nitrogen and oxygen atoms in total. The van der Waals surface area contributed by atoms with Gasteiger partial charge in [0.25, 0.3) is 5.91 Å². The van der Waals surface area contributed by atoms with Gasteiger partial charge in [-0.2, -0.15) is 0 Å². The quantitative estimate of drug-likeness (QED) is 0.384. The highest BCUT2D eigenvalue weighted by Gasteiger charge is 2.62. The maximum Gasteiger partial charge on any atom is 0.410 e. The van der Waals surface area contributed by atoms with Gasteiger partial charge in [0, 0.05) is 19.5 Å². The average Bonchev–Trinajstić information content (AvgIpc) is 3.40. The van der Waals surface area contributed by atoms with Crippen LogP contribution in [0.15, 0.2) is 18.2 Å². The second kappa shape index (κ2) is 15.9. The van der Waals surface area contributed by atoms with Crippen LogP contribution in [0.3, 0.4) is 0 Å². The number of ether oxygens (including phenoxy) is 2. The standard InChI is InChI=1S/C40H59N5O9S/c1-38(2,3)32-34(47)45-23-29(20-31(45)33(46)42-40-21-28(40)17-9-7-6-8-12-19-55(51,52)43-35(40)48)54-37(50)44-22-27-16-13-15-26(30(27)24-44)14-10-11-18-39(4,5)25-53-36(49)41-32/h13,15-16,28-29,31-32H,6-12,14,17-25H2,1-5H3,(H,41,49)(H,42,46)(H,43,48)/t28-,29-,31+,32-,40-/m1/s1. The third-order valence-corrected chi connectivity index (χ3v) is 13.4. The van der Waals surface area contributed by atoms with Crippen molar-refractivity contribution in [2.75, 3.05) is 18.9 Å². The number of sulfonamides is 1. The second-order valence-corrected chi connectivity index (χ2v) is 20.1. The molecule has 0 spiro atoms. The minimum Gasteiger partial charge on any atom is -0.449 e. The number of carbonyl (C=O) groups excluding carboxylic acids is 5. The van der Waals surface area contributed by atoms with E-state index in [1.54, 1.807) is 25.7 Å². The fraction of sp³-hybridized carbons (Fsp3) is 0.725. The molecule has 6 rings (SSSR count). The summed E-state index contributed by atoms with van der Waals surface area (Å²) in [6.07, 6.45) is 5.97. The lowest BCUT2D eigenvalue weighted by molar-refractivity contribution is -0.143. The molecule has 1 aliphatic carbocycles. The van der Waals surface area contributed by atoms with Gasteiger partial charge in [-0.05, 0) is 72.0 Å². The fourth-order valence-corrected chi connectivity index (χ4v) is 9.79. The zero-order valence-electron chi connectivity index (χ0n) is 33.0. The van der Waals surface area contributed by atoms with E-state index in [0.29, 0.717) is 25.9 Å².